The first-order valence-corrected chi connectivity index (χ1v) is 15.7. The van der Waals surface area contributed by atoms with Crippen LogP contribution in [-0.2, 0) is 26.0 Å². The Morgan fingerprint density at radius 2 is 2.02 bits per heavy atom. The van der Waals surface area contributed by atoms with Gasteiger partial charge in [0.2, 0.25) is 5.91 Å². The lowest BCUT2D eigenvalue weighted by atomic mass is 9.77. The Labute approximate surface area is 244 Å². The van der Waals surface area contributed by atoms with Crippen molar-refractivity contribution < 1.29 is 18.0 Å². The van der Waals surface area contributed by atoms with Crippen molar-refractivity contribution in [2.45, 2.75) is 37.6 Å². The number of ketones is 1. The number of nitrogens with two attached hydrogens (primary N) is 1. The number of hydrogen-bond acceptors (Lipinski definition) is 8. The van der Waals surface area contributed by atoms with Crippen LogP contribution in [0.5, 0.6) is 0 Å². The highest BCUT2D eigenvalue weighted by atomic mass is 35.5. The van der Waals surface area contributed by atoms with Gasteiger partial charge in [-0.05, 0) is 67.3 Å². The summed E-state index contributed by atoms with van der Waals surface area (Å²) in [5.74, 6) is -0.125. The number of carbonyl (C=O) groups is 2. The highest BCUT2D eigenvalue weighted by molar-refractivity contribution is 7.90. The maximum absolute atomic E-state index is 13.5. The first kappa shape index (κ1) is 29.0. The molecule has 1 fully saturated rings. The number of nitrogens with zero attached hydrogens (tertiary/aromatic N) is 4. The molecule has 5 rings (SSSR count). The van der Waals surface area contributed by atoms with E-state index in [1.807, 2.05) is 13.0 Å². The molecule has 3 aromatic rings. The van der Waals surface area contributed by atoms with Crippen molar-refractivity contribution in [3.05, 3.63) is 70.6 Å². The number of nitrogens with one attached hydrogen (secondary N) is 1. The lowest BCUT2D eigenvalue weighted by Gasteiger charge is -2.40. The zero-order valence-electron chi connectivity index (χ0n) is 23.1. The number of hydrogen-bond donors (Lipinski definition) is 2. The van der Waals surface area contributed by atoms with E-state index in [2.05, 4.69) is 20.5 Å². The molecule has 1 saturated heterocycles. The van der Waals surface area contributed by atoms with Crippen LogP contribution in [0.2, 0.25) is 5.02 Å². The summed E-state index contributed by atoms with van der Waals surface area (Å²) in [5, 5.41) is 11.0. The van der Waals surface area contributed by atoms with Gasteiger partial charge in [0.15, 0.2) is 15.6 Å². The first-order chi connectivity index (χ1) is 19.5. The minimum Gasteiger partial charge on any atom is -0.401 e. The second-order valence-electron chi connectivity index (χ2n) is 10.9. The van der Waals surface area contributed by atoms with Crippen molar-refractivity contribution >= 4 is 38.7 Å². The Kier molecular flexibility index (Phi) is 8.04. The molecule has 216 valence electrons. The van der Waals surface area contributed by atoms with Crippen LogP contribution in [0.25, 0.3) is 16.7 Å². The van der Waals surface area contributed by atoms with Gasteiger partial charge in [0.1, 0.15) is 0 Å². The maximum atomic E-state index is 13.5. The van der Waals surface area contributed by atoms with Crippen LogP contribution in [0.4, 0.5) is 0 Å². The van der Waals surface area contributed by atoms with Gasteiger partial charge in [0, 0.05) is 59.2 Å². The van der Waals surface area contributed by atoms with Gasteiger partial charge in [-0.1, -0.05) is 28.9 Å². The molecule has 2 heterocycles. The molecule has 1 unspecified atom stereocenters. The lowest BCUT2D eigenvalue weighted by Crippen LogP contribution is -2.48. The number of Topliss-reactive ketones (excluding diaryl/α,β-unsaturated/α-hetero) is 1. The number of allylic oxidation sites excluding steroid dienone is 1. The van der Waals surface area contributed by atoms with E-state index in [-0.39, 0.29) is 29.6 Å². The Bertz CT molecular complexity index is 1640. The second kappa shape index (κ2) is 11.4. The molecule has 3 N–H and O–H groups in total. The molecule has 0 saturated carbocycles. The summed E-state index contributed by atoms with van der Waals surface area (Å²) in [6.45, 7) is 4.37. The van der Waals surface area contributed by atoms with Crippen LogP contribution in [0, 0.1) is 12.3 Å². The topological polar surface area (TPSA) is 140 Å². The Hall–Kier alpha value is -3.54. The van der Waals surface area contributed by atoms with Crippen molar-refractivity contribution in [2.75, 3.05) is 32.4 Å². The van der Waals surface area contributed by atoms with Crippen LogP contribution in [-0.4, -0.2) is 72.4 Å². The normalized spacial score (nSPS) is 19.7. The van der Waals surface area contributed by atoms with Gasteiger partial charge in [-0.3, -0.25) is 19.2 Å². The summed E-state index contributed by atoms with van der Waals surface area (Å²) in [6, 6.07) is 10.3. The van der Waals surface area contributed by atoms with E-state index >= 15 is 0 Å². The lowest BCUT2D eigenvalue weighted by molar-refractivity contribution is -0.123. The third-order valence-electron chi connectivity index (χ3n) is 7.93. The molecule has 0 radical (unpaired) electrons. The minimum atomic E-state index is -3.38. The van der Waals surface area contributed by atoms with Crippen LogP contribution in [0.1, 0.15) is 30.4 Å². The molecule has 2 aromatic carbocycles. The van der Waals surface area contributed by atoms with E-state index in [1.165, 1.54) is 6.26 Å². The van der Waals surface area contributed by atoms with E-state index in [0.29, 0.717) is 52.6 Å². The van der Waals surface area contributed by atoms with Crippen LogP contribution in [0.15, 0.2) is 59.4 Å². The van der Waals surface area contributed by atoms with Crippen LogP contribution < -0.4 is 11.1 Å². The molecule has 1 aliphatic heterocycles. The highest BCUT2D eigenvalue weighted by Gasteiger charge is 2.47. The zero-order chi connectivity index (χ0) is 29.4. The highest BCUT2D eigenvalue weighted by Crippen LogP contribution is 2.49. The molecular weight excluding hydrogens is 564 g/mol. The van der Waals surface area contributed by atoms with Gasteiger partial charge < -0.3 is 11.1 Å². The van der Waals surface area contributed by atoms with Gasteiger partial charge in [-0.25, -0.2) is 8.42 Å². The molecule has 1 spiro atoms. The second-order valence-corrected chi connectivity index (χ2v) is 13.4. The number of aromatic nitrogens is 3. The Morgan fingerprint density at radius 3 is 2.76 bits per heavy atom. The predicted molar refractivity (Wildman–Crippen MR) is 157 cm³/mol. The number of carbonyl (C=O) groups excluding carboxylic acids is 2. The van der Waals surface area contributed by atoms with E-state index in [1.54, 1.807) is 47.4 Å². The number of aryl methyl sites for hydroxylation is 1. The van der Waals surface area contributed by atoms with Crippen molar-refractivity contribution in [1.29, 1.82) is 0 Å². The molecule has 1 aromatic heterocycles. The third-order valence-corrected chi connectivity index (χ3v) is 9.36. The van der Waals surface area contributed by atoms with Crippen molar-refractivity contribution in [3.63, 3.8) is 0 Å². The summed E-state index contributed by atoms with van der Waals surface area (Å²) >= 11 is 6.72. The molecule has 1 aliphatic carbocycles. The van der Waals surface area contributed by atoms with Crippen LogP contribution >= 0.6 is 11.6 Å². The maximum Gasteiger partial charge on any atom is 0.234 e. The van der Waals surface area contributed by atoms with Crippen molar-refractivity contribution in [1.82, 2.24) is 25.2 Å². The largest absolute Gasteiger partial charge is 0.401 e. The SMILES string of the molecule is Cc1cc(-c2cccc(S(C)(=O)=O)c2)c(Cl)cc1C1=C(N)C2(CCCN(CC(=O)NCCn3ccnn3)C2)CC1=O. The van der Waals surface area contributed by atoms with Gasteiger partial charge in [0.05, 0.1) is 24.2 Å². The molecule has 12 heteroatoms. The van der Waals surface area contributed by atoms with Crippen molar-refractivity contribution in [3.8, 4) is 11.1 Å². The number of sulfone groups is 1. The van der Waals surface area contributed by atoms with Gasteiger partial charge >= 0.3 is 0 Å². The molecule has 10 nitrogen and oxygen atoms in total. The number of rotatable bonds is 8. The van der Waals surface area contributed by atoms with E-state index in [0.717, 1.165) is 24.9 Å². The quantitative estimate of drug-likeness (QED) is 0.404. The summed E-state index contributed by atoms with van der Waals surface area (Å²) in [4.78, 5) is 28.4. The average molecular weight is 597 g/mol. The van der Waals surface area contributed by atoms with Gasteiger partial charge in [0.25, 0.3) is 0 Å². The zero-order valence-corrected chi connectivity index (χ0v) is 24.6. The summed E-state index contributed by atoms with van der Waals surface area (Å²) in [5.41, 5.74) is 10.1. The van der Waals surface area contributed by atoms with E-state index in [9.17, 15) is 18.0 Å². The molecule has 1 amide bonds. The van der Waals surface area contributed by atoms with Gasteiger partial charge in [-0.15, -0.1) is 5.10 Å². The molecule has 2 aliphatic rings. The summed E-state index contributed by atoms with van der Waals surface area (Å²) in [7, 11) is -3.38. The fraction of sp³-hybridized carbons (Fsp3) is 0.379. The number of piperidine rings is 1. The molecule has 0 bridgehead atoms. The average Bonchev–Trinajstić information content (AvgIpc) is 3.51. The smallest absolute Gasteiger partial charge is 0.234 e. The number of likely N-dealkylation sites (tertiary alicyclic amines) is 1. The van der Waals surface area contributed by atoms with E-state index < -0.39 is 15.3 Å². The standard InChI is InChI=1S/C29H33ClN6O4S/c1-19-13-23(20-5-3-6-21(14-20)41(2,39)40)24(30)15-22(19)27-25(37)16-29(28(27)31)7-4-10-35(18-29)17-26(38)32-8-11-36-12-9-33-34-36/h3,5-6,9,12-15H,4,7-8,10-11,16-18,31H2,1-2H3,(H,32,38). The Morgan fingerprint density at radius 1 is 1.22 bits per heavy atom. The molecular formula is C29H33ClN6O4S. The number of amides is 1. The minimum absolute atomic E-state index is 0.0346. The van der Waals surface area contributed by atoms with Crippen molar-refractivity contribution in [2.24, 2.45) is 11.1 Å². The number of benzene rings is 2. The fourth-order valence-corrected chi connectivity index (χ4v) is 6.85. The predicted octanol–water partition coefficient (Wildman–Crippen LogP) is 2.85. The van der Waals surface area contributed by atoms with Gasteiger partial charge in [-0.2, -0.15) is 0 Å². The summed E-state index contributed by atoms with van der Waals surface area (Å²) < 4.78 is 25.8. The fourth-order valence-electron chi connectivity index (χ4n) is 5.92. The number of halogens is 1. The molecule has 1 atom stereocenters. The van der Waals surface area contributed by atoms with Crippen LogP contribution in [0.3, 0.4) is 0 Å². The summed E-state index contributed by atoms with van der Waals surface area (Å²) in [6.07, 6.45) is 6.37. The molecule has 41 heavy (non-hydrogen) atoms. The third kappa shape index (κ3) is 6.07. The first-order valence-electron chi connectivity index (χ1n) is 13.4. The Balaban J connectivity index is 1.35. The van der Waals surface area contributed by atoms with E-state index in [4.69, 9.17) is 17.3 Å². The monoisotopic (exact) mass is 596 g/mol.